The van der Waals surface area contributed by atoms with E-state index in [1.165, 1.54) is 0 Å². The highest BCUT2D eigenvalue weighted by Crippen LogP contribution is 2.30. The van der Waals surface area contributed by atoms with Crippen LogP contribution in [-0.2, 0) is 24.2 Å². The Kier molecular flexibility index (Phi) is 6.21. The second-order valence-corrected chi connectivity index (χ2v) is 5.70. The van der Waals surface area contributed by atoms with Crippen molar-refractivity contribution in [3.63, 3.8) is 0 Å². The van der Waals surface area contributed by atoms with E-state index in [-0.39, 0.29) is 12.4 Å². The van der Waals surface area contributed by atoms with Gasteiger partial charge in [0, 0.05) is 43.6 Å². The molecule has 0 aromatic carbocycles. The highest BCUT2D eigenvalue weighted by atomic mass is 35.5. The van der Waals surface area contributed by atoms with E-state index in [9.17, 15) is 0 Å². The first-order chi connectivity index (χ1) is 10.8. The zero-order valence-electron chi connectivity index (χ0n) is 13.8. The molecule has 0 spiro atoms. The van der Waals surface area contributed by atoms with E-state index in [4.69, 9.17) is 15.5 Å². The Morgan fingerprint density at radius 1 is 1.35 bits per heavy atom. The number of rotatable bonds is 5. The number of pyridine rings is 1. The van der Waals surface area contributed by atoms with Gasteiger partial charge >= 0.3 is 0 Å². The van der Waals surface area contributed by atoms with Crippen molar-refractivity contribution in [1.82, 2.24) is 14.8 Å². The molecule has 1 saturated heterocycles. The Bertz CT molecular complexity index is 651. The van der Waals surface area contributed by atoms with Crippen LogP contribution in [0.5, 0.6) is 0 Å². The van der Waals surface area contributed by atoms with Gasteiger partial charge in [0.1, 0.15) is 0 Å². The lowest BCUT2D eigenvalue weighted by atomic mass is 10.0. The van der Waals surface area contributed by atoms with Crippen molar-refractivity contribution in [2.45, 2.75) is 52.2 Å². The van der Waals surface area contributed by atoms with Crippen LogP contribution < -0.4 is 11.1 Å². The molecular formula is C16H26ClN5O. The number of nitrogens with one attached hydrogen (secondary N) is 1. The summed E-state index contributed by atoms with van der Waals surface area (Å²) in [7, 11) is 0. The number of fused-ring (bicyclic) bond motifs is 1. The average molecular weight is 340 g/mol. The molecule has 1 aliphatic rings. The highest BCUT2D eigenvalue weighted by molar-refractivity contribution is 5.91. The first-order valence-corrected chi connectivity index (χ1v) is 8.20. The number of ether oxygens (including phenoxy) is 1. The van der Waals surface area contributed by atoms with Crippen LogP contribution in [0, 0.1) is 0 Å². The fraction of sp³-hybridized carbons (Fsp3) is 0.625. The third-order valence-electron chi connectivity index (χ3n) is 4.38. The number of aryl methyl sites for hydroxylation is 2. The number of aromatic nitrogens is 3. The quantitative estimate of drug-likeness (QED) is 0.875. The number of halogens is 1. The van der Waals surface area contributed by atoms with E-state index in [0.29, 0.717) is 12.6 Å². The molecule has 1 fully saturated rings. The third kappa shape index (κ3) is 3.44. The maximum absolute atomic E-state index is 6.03. The Hall–Kier alpha value is -1.37. The number of nitrogens with two attached hydrogens (primary N) is 1. The van der Waals surface area contributed by atoms with Crippen LogP contribution in [-0.4, -0.2) is 34.0 Å². The normalized spacial score (nSPS) is 15.6. The Balaban J connectivity index is 0.00000192. The summed E-state index contributed by atoms with van der Waals surface area (Å²) in [6.45, 7) is 7.16. The largest absolute Gasteiger partial charge is 0.381 e. The van der Waals surface area contributed by atoms with Crippen LogP contribution in [0.2, 0.25) is 0 Å². The molecule has 2 aromatic rings. The van der Waals surface area contributed by atoms with Gasteiger partial charge in [0.05, 0.1) is 17.3 Å². The molecule has 6 nitrogen and oxygen atoms in total. The van der Waals surface area contributed by atoms with Gasteiger partial charge in [0.25, 0.3) is 0 Å². The van der Waals surface area contributed by atoms with Gasteiger partial charge in [-0.3, -0.25) is 0 Å². The molecule has 0 saturated carbocycles. The SMILES string of the molecule is CCc1nc2c(cnn2CC)c(NC2CCOCC2)c1CN.Cl. The smallest absolute Gasteiger partial charge is 0.160 e. The highest BCUT2D eigenvalue weighted by Gasteiger charge is 2.20. The topological polar surface area (TPSA) is 78.0 Å². The Labute approximate surface area is 143 Å². The van der Waals surface area contributed by atoms with Crippen LogP contribution >= 0.6 is 12.4 Å². The molecule has 3 N–H and O–H groups in total. The molecule has 0 radical (unpaired) electrons. The first-order valence-electron chi connectivity index (χ1n) is 8.20. The summed E-state index contributed by atoms with van der Waals surface area (Å²) in [6, 6.07) is 0.430. The van der Waals surface area contributed by atoms with Gasteiger partial charge in [-0.2, -0.15) is 5.10 Å². The van der Waals surface area contributed by atoms with Gasteiger partial charge in [-0.15, -0.1) is 12.4 Å². The molecule has 0 aliphatic carbocycles. The Morgan fingerprint density at radius 2 is 2.09 bits per heavy atom. The number of hydrogen-bond donors (Lipinski definition) is 2. The summed E-state index contributed by atoms with van der Waals surface area (Å²) in [6.07, 6.45) is 4.83. The van der Waals surface area contributed by atoms with Crippen molar-refractivity contribution in [2.24, 2.45) is 5.73 Å². The predicted octanol–water partition coefficient (Wildman–Crippen LogP) is 2.48. The lowest BCUT2D eigenvalue weighted by molar-refractivity contribution is 0.0904. The van der Waals surface area contributed by atoms with Gasteiger partial charge in [-0.1, -0.05) is 6.92 Å². The van der Waals surface area contributed by atoms with E-state index in [2.05, 4.69) is 24.3 Å². The number of hydrogen-bond acceptors (Lipinski definition) is 5. The molecule has 0 bridgehead atoms. The van der Waals surface area contributed by atoms with Crippen LogP contribution in [0.4, 0.5) is 5.69 Å². The summed E-state index contributed by atoms with van der Waals surface area (Å²) in [4.78, 5) is 4.80. The summed E-state index contributed by atoms with van der Waals surface area (Å²) in [5.41, 5.74) is 10.3. The van der Waals surface area contributed by atoms with Crippen LogP contribution in [0.3, 0.4) is 0 Å². The number of nitrogens with zero attached hydrogens (tertiary/aromatic N) is 3. The number of anilines is 1. The molecule has 2 aromatic heterocycles. The van der Waals surface area contributed by atoms with E-state index in [1.807, 2.05) is 10.9 Å². The fourth-order valence-corrected chi connectivity index (χ4v) is 3.13. The third-order valence-corrected chi connectivity index (χ3v) is 4.38. The predicted molar refractivity (Wildman–Crippen MR) is 95.2 cm³/mol. The van der Waals surface area contributed by atoms with E-state index >= 15 is 0 Å². The summed E-state index contributed by atoms with van der Waals surface area (Å²) in [5, 5.41) is 9.24. The fourth-order valence-electron chi connectivity index (χ4n) is 3.13. The molecule has 128 valence electrons. The second kappa shape index (κ2) is 7.95. The zero-order chi connectivity index (χ0) is 15.5. The minimum Gasteiger partial charge on any atom is -0.381 e. The molecule has 1 aliphatic heterocycles. The average Bonchev–Trinajstić information content (AvgIpc) is 2.98. The van der Waals surface area contributed by atoms with Gasteiger partial charge in [0.15, 0.2) is 5.65 Å². The monoisotopic (exact) mass is 339 g/mol. The first kappa shape index (κ1) is 18.0. The molecule has 3 rings (SSSR count). The van der Waals surface area contributed by atoms with Crippen molar-refractivity contribution >= 4 is 29.1 Å². The summed E-state index contributed by atoms with van der Waals surface area (Å²) in [5.74, 6) is 0. The van der Waals surface area contributed by atoms with Crippen molar-refractivity contribution in [3.8, 4) is 0 Å². The Morgan fingerprint density at radius 3 is 2.70 bits per heavy atom. The molecule has 7 heteroatoms. The standard InChI is InChI=1S/C16H25N5O.ClH/c1-3-14-12(9-17)15(19-11-5-7-22-8-6-11)13-10-18-21(4-2)16(13)20-14;/h10-11H,3-9,17H2,1-2H3,(H,19,20);1H. The van der Waals surface area contributed by atoms with Crippen LogP contribution in [0.15, 0.2) is 6.20 Å². The van der Waals surface area contributed by atoms with Crippen LogP contribution in [0.1, 0.15) is 37.9 Å². The van der Waals surface area contributed by atoms with E-state index < -0.39 is 0 Å². The van der Waals surface area contributed by atoms with Crippen molar-refractivity contribution in [3.05, 3.63) is 17.5 Å². The van der Waals surface area contributed by atoms with Crippen LogP contribution in [0.25, 0.3) is 11.0 Å². The second-order valence-electron chi connectivity index (χ2n) is 5.70. The van der Waals surface area contributed by atoms with Gasteiger partial charge in [0.2, 0.25) is 0 Å². The molecule has 23 heavy (non-hydrogen) atoms. The summed E-state index contributed by atoms with van der Waals surface area (Å²) >= 11 is 0. The summed E-state index contributed by atoms with van der Waals surface area (Å²) < 4.78 is 7.40. The van der Waals surface area contributed by atoms with Gasteiger partial charge in [-0.25, -0.2) is 9.67 Å². The minimum atomic E-state index is 0. The van der Waals surface area contributed by atoms with E-state index in [0.717, 1.165) is 67.0 Å². The minimum absolute atomic E-state index is 0. The maximum Gasteiger partial charge on any atom is 0.160 e. The van der Waals surface area contributed by atoms with Gasteiger partial charge in [-0.05, 0) is 26.2 Å². The zero-order valence-corrected chi connectivity index (χ0v) is 14.7. The molecule has 0 amide bonds. The molecule has 0 unspecified atom stereocenters. The van der Waals surface area contributed by atoms with Crippen molar-refractivity contribution < 1.29 is 4.74 Å². The van der Waals surface area contributed by atoms with Crippen molar-refractivity contribution in [2.75, 3.05) is 18.5 Å². The lowest BCUT2D eigenvalue weighted by Gasteiger charge is -2.26. The van der Waals surface area contributed by atoms with E-state index in [1.54, 1.807) is 0 Å². The van der Waals surface area contributed by atoms with Gasteiger partial charge < -0.3 is 15.8 Å². The molecule has 3 heterocycles. The lowest BCUT2D eigenvalue weighted by Crippen LogP contribution is -2.29. The molecular weight excluding hydrogens is 314 g/mol. The maximum atomic E-state index is 6.03. The van der Waals surface area contributed by atoms with Crippen molar-refractivity contribution in [1.29, 1.82) is 0 Å². The molecule has 0 atom stereocenters.